The van der Waals surface area contributed by atoms with Gasteiger partial charge in [-0.15, -0.1) is 0 Å². The highest BCUT2D eigenvalue weighted by Crippen LogP contribution is 2.10. The molecule has 0 atom stereocenters. The molecule has 3 aromatic rings. The molecule has 1 aromatic carbocycles. The number of hydrogen-bond acceptors (Lipinski definition) is 4. The van der Waals surface area contributed by atoms with E-state index in [0.29, 0.717) is 16.7 Å². The molecule has 0 aliphatic heterocycles. The molecule has 2 aromatic heterocycles. The molecule has 0 aliphatic carbocycles. The fraction of sp³-hybridized carbons (Fsp3) is 0.250. The summed E-state index contributed by atoms with van der Waals surface area (Å²) in [4.78, 5) is 17.0. The lowest BCUT2D eigenvalue weighted by Crippen LogP contribution is -2.20. The van der Waals surface area contributed by atoms with Gasteiger partial charge in [0.1, 0.15) is 5.82 Å². The summed E-state index contributed by atoms with van der Waals surface area (Å²) in [7, 11) is 1.88. The monoisotopic (exact) mass is 295 g/mol. The Kier molecular flexibility index (Phi) is 3.36. The van der Waals surface area contributed by atoms with Crippen molar-refractivity contribution in [3.8, 4) is 0 Å². The van der Waals surface area contributed by atoms with Crippen molar-refractivity contribution in [2.75, 3.05) is 0 Å². The minimum absolute atomic E-state index is 0.168. The number of fused-ring (bicyclic) bond motifs is 1. The first-order valence-corrected chi connectivity index (χ1v) is 7.02. The smallest absolute Gasteiger partial charge is 0.272 e. The highest BCUT2D eigenvalue weighted by Gasteiger charge is 2.09. The van der Waals surface area contributed by atoms with Crippen LogP contribution < -0.4 is 5.56 Å². The largest absolute Gasteiger partial charge is 0.282 e. The fourth-order valence-electron chi connectivity index (χ4n) is 2.46. The van der Waals surface area contributed by atoms with Gasteiger partial charge in [0.25, 0.3) is 5.56 Å². The maximum Gasteiger partial charge on any atom is 0.282 e. The summed E-state index contributed by atoms with van der Waals surface area (Å²) in [6.45, 7) is 5.66. The Labute approximate surface area is 127 Å². The lowest BCUT2D eigenvalue weighted by Gasteiger charge is -2.05. The molecule has 112 valence electrons. The van der Waals surface area contributed by atoms with Crippen molar-refractivity contribution >= 4 is 17.1 Å². The van der Waals surface area contributed by atoms with E-state index in [1.165, 1.54) is 4.68 Å². The maximum absolute atomic E-state index is 12.5. The van der Waals surface area contributed by atoms with Crippen molar-refractivity contribution in [2.45, 2.75) is 20.8 Å². The quantitative estimate of drug-likeness (QED) is 0.679. The van der Waals surface area contributed by atoms with E-state index in [4.69, 9.17) is 0 Å². The second kappa shape index (κ2) is 5.22. The Hall–Kier alpha value is -2.76. The molecule has 0 saturated heterocycles. The number of aryl methyl sites for hydroxylation is 3. The lowest BCUT2D eigenvalue weighted by molar-refractivity contribution is 0.731. The Morgan fingerprint density at radius 2 is 1.91 bits per heavy atom. The molecule has 0 spiro atoms. The Morgan fingerprint density at radius 1 is 1.18 bits per heavy atom. The molecule has 0 saturated carbocycles. The first-order chi connectivity index (χ1) is 10.5. The first-order valence-electron chi connectivity index (χ1n) is 7.02. The van der Waals surface area contributed by atoms with Crippen LogP contribution in [0.4, 0.5) is 0 Å². The Morgan fingerprint density at radius 3 is 2.59 bits per heavy atom. The van der Waals surface area contributed by atoms with Crippen LogP contribution in [-0.4, -0.2) is 25.7 Å². The molecule has 3 rings (SSSR count). The van der Waals surface area contributed by atoms with E-state index in [0.717, 1.165) is 17.0 Å². The van der Waals surface area contributed by atoms with Crippen molar-refractivity contribution < 1.29 is 0 Å². The molecule has 2 heterocycles. The van der Waals surface area contributed by atoms with E-state index in [9.17, 15) is 4.79 Å². The molecular weight excluding hydrogens is 278 g/mol. The molecule has 0 unspecified atom stereocenters. The van der Waals surface area contributed by atoms with Gasteiger partial charge in [-0.2, -0.15) is 14.9 Å². The third-order valence-corrected chi connectivity index (χ3v) is 3.78. The third kappa shape index (κ3) is 2.22. The summed E-state index contributed by atoms with van der Waals surface area (Å²) in [5.74, 6) is 0.555. The van der Waals surface area contributed by atoms with E-state index in [1.807, 2.05) is 39.1 Å². The summed E-state index contributed by atoms with van der Waals surface area (Å²) < 4.78 is 3.12. The standard InChI is InChI=1S/C16H17N5O/c1-10-14(11(2)20(4)19-10)9-17-21-12(3)18-15-8-6-5-7-13(15)16(21)22/h5-9H,1-4H3/b17-9-. The van der Waals surface area contributed by atoms with E-state index in [-0.39, 0.29) is 5.56 Å². The highest BCUT2D eigenvalue weighted by molar-refractivity contribution is 5.83. The van der Waals surface area contributed by atoms with Crippen molar-refractivity contribution in [2.24, 2.45) is 12.1 Å². The number of aromatic nitrogens is 4. The molecule has 0 fully saturated rings. The van der Waals surface area contributed by atoms with E-state index in [2.05, 4.69) is 15.2 Å². The summed E-state index contributed by atoms with van der Waals surface area (Å²) >= 11 is 0. The van der Waals surface area contributed by atoms with Crippen LogP contribution in [0.25, 0.3) is 10.9 Å². The fourth-order valence-corrected chi connectivity index (χ4v) is 2.46. The molecule has 0 aliphatic rings. The second-order valence-corrected chi connectivity index (χ2v) is 5.25. The summed E-state index contributed by atoms with van der Waals surface area (Å²) in [6.07, 6.45) is 1.67. The summed E-state index contributed by atoms with van der Waals surface area (Å²) in [5, 5.41) is 9.22. The van der Waals surface area contributed by atoms with E-state index in [1.54, 1.807) is 23.9 Å². The second-order valence-electron chi connectivity index (χ2n) is 5.25. The van der Waals surface area contributed by atoms with Crippen LogP contribution in [0, 0.1) is 20.8 Å². The minimum Gasteiger partial charge on any atom is -0.272 e. The van der Waals surface area contributed by atoms with Crippen LogP contribution in [0.3, 0.4) is 0 Å². The Balaban J connectivity index is 2.15. The number of benzene rings is 1. The van der Waals surface area contributed by atoms with Crippen LogP contribution in [0.1, 0.15) is 22.8 Å². The molecule has 22 heavy (non-hydrogen) atoms. The number of para-hydroxylation sites is 1. The molecule has 0 amide bonds. The Bertz CT molecular complexity index is 949. The van der Waals surface area contributed by atoms with Gasteiger partial charge >= 0.3 is 0 Å². The average Bonchev–Trinajstić information content (AvgIpc) is 2.73. The number of hydrogen-bond donors (Lipinski definition) is 0. The first kappa shape index (κ1) is 14.2. The normalized spacial score (nSPS) is 11.6. The zero-order valence-electron chi connectivity index (χ0n) is 13.0. The molecule has 0 bridgehead atoms. The highest BCUT2D eigenvalue weighted by atomic mass is 16.1. The summed E-state index contributed by atoms with van der Waals surface area (Å²) in [6, 6.07) is 7.28. The predicted molar refractivity (Wildman–Crippen MR) is 86.4 cm³/mol. The van der Waals surface area contributed by atoms with E-state index >= 15 is 0 Å². The molecule has 0 radical (unpaired) electrons. The van der Waals surface area contributed by atoms with Gasteiger partial charge in [-0.1, -0.05) is 12.1 Å². The van der Waals surface area contributed by atoms with Gasteiger partial charge in [0, 0.05) is 18.3 Å². The number of nitrogens with zero attached hydrogens (tertiary/aromatic N) is 5. The zero-order valence-corrected chi connectivity index (χ0v) is 13.0. The van der Waals surface area contributed by atoms with Crippen LogP contribution in [0.15, 0.2) is 34.2 Å². The van der Waals surface area contributed by atoms with Gasteiger partial charge in [0.05, 0.1) is 22.8 Å². The predicted octanol–water partition coefficient (Wildman–Crippen LogP) is 1.94. The summed E-state index contributed by atoms with van der Waals surface area (Å²) in [5.41, 5.74) is 3.31. The van der Waals surface area contributed by atoms with Gasteiger partial charge in [-0.3, -0.25) is 9.48 Å². The van der Waals surface area contributed by atoms with Gasteiger partial charge in [-0.05, 0) is 32.9 Å². The van der Waals surface area contributed by atoms with Gasteiger partial charge in [0.15, 0.2) is 0 Å². The van der Waals surface area contributed by atoms with E-state index < -0.39 is 0 Å². The van der Waals surface area contributed by atoms with Crippen LogP contribution in [0.2, 0.25) is 0 Å². The topological polar surface area (TPSA) is 65.1 Å². The third-order valence-electron chi connectivity index (χ3n) is 3.78. The van der Waals surface area contributed by atoms with Crippen molar-refractivity contribution in [1.82, 2.24) is 19.4 Å². The zero-order chi connectivity index (χ0) is 15.9. The number of rotatable bonds is 2. The van der Waals surface area contributed by atoms with Crippen LogP contribution in [0.5, 0.6) is 0 Å². The molecule has 0 N–H and O–H groups in total. The van der Waals surface area contributed by atoms with Gasteiger partial charge < -0.3 is 0 Å². The minimum atomic E-state index is -0.168. The van der Waals surface area contributed by atoms with Gasteiger partial charge in [0.2, 0.25) is 0 Å². The molecule has 6 heteroatoms. The SMILES string of the molecule is Cc1nn(C)c(C)c1/C=N\n1c(C)nc2ccccc2c1=O. The van der Waals surface area contributed by atoms with Gasteiger partial charge in [-0.25, -0.2) is 4.98 Å². The molecule has 6 nitrogen and oxygen atoms in total. The average molecular weight is 295 g/mol. The van der Waals surface area contributed by atoms with Crippen molar-refractivity contribution in [3.05, 3.63) is 57.4 Å². The van der Waals surface area contributed by atoms with Crippen molar-refractivity contribution in [3.63, 3.8) is 0 Å². The van der Waals surface area contributed by atoms with Crippen LogP contribution >= 0.6 is 0 Å². The van der Waals surface area contributed by atoms with Crippen LogP contribution in [-0.2, 0) is 7.05 Å². The van der Waals surface area contributed by atoms with Crippen molar-refractivity contribution in [1.29, 1.82) is 0 Å². The lowest BCUT2D eigenvalue weighted by atomic mass is 10.2. The molecular formula is C16H17N5O. The maximum atomic E-state index is 12.5.